The Balaban J connectivity index is 2.06. The molecule has 0 aliphatic rings. The molecule has 0 aliphatic carbocycles. The van der Waals surface area contributed by atoms with Gasteiger partial charge in [0.15, 0.2) is 5.82 Å². The summed E-state index contributed by atoms with van der Waals surface area (Å²) in [4.78, 5) is 16.1. The number of carbonyl (C=O) groups is 1. The van der Waals surface area contributed by atoms with Crippen LogP contribution in [0.1, 0.15) is 21.7 Å². The van der Waals surface area contributed by atoms with Gasteiger partial charge in [0, 0.05) is 5.69 Å². The minimum Gasteiger partial charge on any atom is -0.465 e. The Hall–Kier alpha value is -2.73. The quantitative estimate of drug-likeness (QED) is 0.506. The lowest BCUT2D eigenvalue weighted by Crippen LogP contribution is -2.00. The van der Waals surface area contributed by atoms with Crippen LogP contribution in [-0.4, -0.2) is 22.5 Å². The van der Waals surface area contributed by atoms with Crippen LogP contribution in [0.3, 0.4) is 0 Å². The zero-order valence-corrected chi connectivity index (χ0v) is 14.2. The molecule has 0 saturated carbocycles. The first-order valence-corrected chi connectivity index (χ1v) is 7.63. The molecule has 3 rings (SSSR count). The van der Waals surface area contributed by atoms with Gasteiger partial charge in [0.05, 0.1) is 23.4 Å². The molecule has 122 valence electrons. The largest absolute Gasteiger partial charge is 0.465 e. The van der Waals surface area contributed by atoms with Crippen LogP contribution in [0, 0.1) is 13.8 Å². The molecule has 24 heavy (non-hydrogen) atoms. The number of pyridine rings is 1. The van der Waals surface area contributed by atoms with Gasteiger partial charge in [-0.1, -0.05) is 17.7 Å². The van der Waals surface area contributed by atoms with Gasteiger partial charge in [0.25, 0.3) is 0 Å². The van der Waals surface area contributed by atoms with Crippen LogP contribution in [0.25, 0.3) is 5.65 Å². The Morgan fingerprint density at radius 3 is 2.75 bits per heavy atom. The second-order valence-electron chi connectivity index (χ2n) is 5.24. The van der Waals surface area contributed by atoms with Gasteiger partial charge >= 0.3 is 5.97 Å². The molecular weight excluding hydrogens is 328 g/mol. The lowest BCUT2D eigenvalue weighted by Gasteiger charge is -2.03. The highest BCUT2D eigenvalue weighted by Crippen LogP contribution is 2.30. The van der Waals surface area contributed by atoms with Crippen molar-refractivity contribution in [1.29, 1.82) is 0 Å². The van der Waals surface area contributed by atoms with Crippen LogP contribution in [0.2, 0.25) is 5.02 Å². The molecule has 0 aliphatic heterocycles. The van der Waals surface area contributed by atoms with Gasteiger partial charge in [-0.05, 0) is 44.2 Å². The van der Waals surface area contributed by atoms with Crippen LogP contribution in [0.15, 0.2) is 46.6 Å². The van der Waals surface area contributed by atoms with Crippen LogP contribution < -0.4 is 0 Å². The van der Waals surface area contributed by atoms with E-state index in [4.69, 9.17) is 16.3 Å². The van der Waals surface area contributed by atoms with Crippen molar-refractivity contribution < 1.29 is 9.53 Å². The summed E-state index contributed by atoms with van der Waals surface area (Å²) in [5.41, 5.74) is 3.31. The summed E-state index contributed by atoms with van der Waals surface area (Å²) in [6.45, 7) is 3.84. The first-order valence-electron chi connectivity index (χ1n) is 7.25. The minimum atomic E-state index is -0.454. The first kappa shape index (κ1) is 16.1. The Kier molecular flexibility index (Phi) is 4.31. The Morgan fingerprint density at radius 1 is 1.21 bits per heavy atom. The summed E-state index contributed by atoms with van der Waals surface area (Å²) in [6, 6.07) is 10.5. The lowest BCUT2D eigenvalue weighted by molar-refractivity contribution is 0.0601. The molecule has 2 aromatic heterocycles. The van der Waals surface area contributed by atoms with Crippen molar-refractivity contribution in [2.45, 2.75) is 13.8 Å². The van der Waals surface area contributed by atoms with Crippen LogP contribution in [0.4, 0.5) is 11.5 Å². The maximum atomic E-state index is 11.6. The van der Waals surface area contributed by atoms with E-state index in [1.807, 2.05) is 36.4 Å². The van der Waals surface area contributed by atoms with Crippen molar-refractivity contribution in [3.63, 3.8) is 0 Å². The molecular formula is C17H15ClN4O2. The van der Waals surface area contributed by atoms with Crippen LogP contribution in [0.5, 0.6) is 0 Å². The van der Waals surface area contributed by atoms with Gasteiger partial charge < -0.3 is 4.74 Å². The number of rotatable bonds is 3. The van der Waals surface area contributed by atoms with Crippen molar-refractivity contribution in [2.75, 3.05) is 7.11 Å². The van der Waals surface area contributed by atoms with Crippen molar-refractivity contribution in [3.05, 3.63) is 58.4 Å². The maximum absolute atomic E-state index is 11.6. The number of aryl methyl sites for hydroxylation is 2. The summed E-state index contributed by atoms with van der Waals surface area (Å²) in [5.74, 6) is 0.174. The predicted molar refractivity (Wildman–Crippen MR) is 91.6 cm³/mol. The highest BCUT2D eigenvalue weighted by Gasteiger charge is 2.11. The predicted octanol–water partition coefficient (Wildman–Crippen LogP) is 4.81. The fourth-order valence-electron chi connectivity index (χ4n) is 2.40. The summed E-state index contributed by atoms with van der Waals surface area (Å²) < 4.78 is 6.62. The molecule has 0 bridgehead atoms. The number of esters is 1. The van der Waals surface area contributed by atoms with E-state index < -0.39 is 5.97 Å². The third-order valence-electron chi connectivity index (χ3n) is 3.60. The molecule has 0 atom stereocenters. The number of azo groups is 1. The number of halogens is 1. The average molecular weight is 343 g/mol. The number of benzene rings is 1. The maximum Gasteiger partial charge on any atom is 0.337 e. The standard InChI is InChI=1S/C17H15ClN4O2/c1-10-5-4-6-15-19-11(2)16(22(10)15)21-20-14-9-12(17(23)24-3)7-8-13(14)18/h4-9H,1-3H3. The van der Waals surface area contributed by atoms with E-state index in [1.54, 1.807) is 18.2 Å². The number of aromatic nitrogens is 2. The summed E-state index contributed by atoms with van der Waals surface area (Å²) in [7, 11) is 1.32. The van der Waals surface area contributed by atoms with Gasteiger partial charge in [-0.3, -0.25) is 4.40 Å². The molecule has 0 N–H and O–H groups in total. The summed E-state index contributed by atoms with van der Waals surface area (Å²) >= 11 is 6.15. The number of hydrogen-bond acceptors (Lipinski definition) is 5. The molecule has 0 amide bonds. The monoisotopic (exact) mass is 342 g/mol. The number of methoxy groups -OCH3 is 1. The molecule has 0 unspecified atom stereocenters. The van der Waals surface area contributed by atoms with E-state index in [2.05, 4.69) is 15.2 Å². The van der Waals surface area contributed by atoms with Crippen molar-refractivity contribution in [1.82, 2.24) is 9.38 Å². The molecule has 6 nitrogen and oxygen atoms in total. The molecule has 7 heteroatoms. The van der Waals surface area contributed by atoms with E-state index in [0.29, 0.717) is 22.1 Å². The molecule has 1 aromatic carbocycles. The zero-order valence-electron chi connectivity index (χ0n) is 13.4. The minimum absolute atomic E-state index is 0.363. The topological polar surface area (TPSA) is 68.3 Å². The Morgan fingerprint density at radius 2 is 2.00 bits per heavy atom. The van der Waals surface area contributed by atoms with Crippen LogP contribution >= 0.6 is 11.6 Å². The van der Waals surface area contributed by atoms with Gasteiger partial charge in [0.2, 0.25) is 0 Å². The van der Waals surface area contributed by atoms with Crippen molar-refractivity contribution in [3.8, 4) is 0 Å². The highest BCUT2D eigenvalue weighted by molar-refractivity contribution is 6.33. The van der Waals surface area contributed by atoms with E-state index in [9.17, 15) is 4.79 Å². The average Bonchev–Trinajstić information content (AvgIpc) is 2.90. The van der Waals surface area contributed by atoms with E-state index >= 15 is 0 Å². The second kappa shape index (κ2) is 6.41. The third kappa shape index (κ3) is 2.88. The number of hydrogen-bond donors (Lipinski definition) is 0. The normalized spacial score (nSPS) is 11.3. The van der Waals surface area contributed by atoms with E-state index in [-0.39, 0.29) is 0 Å². The summed E-state index contributed by atoms with van der Waals surface area (Å²) in [5, 5.41) is 8.90. The van der Waals surface area contributed by atoms with Crippen molar-refractivity contribution in [2.24, 2.45) is 10.2 Å². The Bertz CT molecular complexity index is 963. The summed E-state index contributed by atoms with van der Waals surface area (Å²) in [6.07, 6.45) is 0. The van der Waals surface area contributed by atoms with E-state index in [0.717, 1.165) is 17.0 Å². The van der Waals surface area contributed by atoms with Crippen LogP contribution in [-0.2, 0) is 4.74 Å². The van der Waals surface area contributed by atoms with Gasteiger partial charge in [-0.15, -0.1) is 10.2 Å². The first-order chi connectivity index (χ1) is 11.5. The lowest BCUT2D eigenvalue weighted by atomic mass is 10.2. The molecule has 0 fully saturated rings. The molecule has 0 spiro atoms. The number of ether oxygens (including phenoxy) is 1. The van der Waals surface area contributed by atoms with Gasteiger partial charge in [-0.25, -0.2) is 9.78 Å². The molecule has 0 radical (unpaired) electrons. The Labute approximate surface area is 143 Å². The number of imidazole rings is 1. The number of carbonyl (C=O) groups excluding carboxylic acids is 1. The van der Waals surface area contributed by atoms with Gasteiger partial charge in [0.1, 0.15) is 11.3 Å². The van der Waals surface area contributed by atoms with Crippen molar-refractivity contribution >= 4 is 34.7 Å². The fraction of sp³-hybridized carbons (Fsp3) is 0.176. The number of fused-ring (bicyclic) bond motifs is 1. The highest BCUT2D eigenvalue weighted by atomic mass is 35.5. The zero-order chi connectivity index (χ0) is 17.3. The molecule has 0 saturated heterocycles. The molecule has 2 heterocycles. The third-order valence-corrected chi connectivity index (χ3v) is 3.92. The smallest absolute Gasteiger partial charge is 0.337 e. The SMILES string of the molecule is COC(=O)c1ccc(Cl)c(N=Nc2c(C)nc3cccc(C)n23)c1. The fourth-order valence-corrected chi connectivity index (χ4v) is 2.56. The second-order valence-corrected chi connectivity index (χ2v) is 5.65. The number of nitrogens with zero attached hydrogens (tertiary/aromatic N) is 4. The van der Waals surface area contributed by atoms with E-state index in [1.165, 1.54) is 7.11 Å². The van der Waals surface area contributed by atoms with Gasteiger partial charge in [-0.2, -0.15) is 0 Å². The molecule has 3 aromatic rings.